The van der Waals surface area contributed by atoms with Gasteiger partial charge in [-0.05, 0) is 38.4 Å². The van der Waals surface area contributed by atoms with Crippen LogP contribution in [0.5, 0.6) is 0 Å². The lowest BCUT2D eigenvalue weighted by Gasteiger charge is -2.07. The van der Waals surface area contributed by atoms with Crippen LogP contribution in [0.2, 0.25) is 0 Å². The highest BCUT2D eigenvalue weighted by Gasteiger charge is 2.02. The molecular weight excluding hydrogens is 190 g/mol. The Balaban J connectivity index is 3.13. The molecule has 0 rings (SSSR count). The molecule has 1 amide bonds. The molecule has 0 spiro atoms. The third-order valence-electron chi connectivity index (χ3n) is 2.00. The van der Waals surface area contributed by atoms with Gasteiger partial charge in [0.1, 0.15) is 0 Å². The van der Waals surface area contributed by atoms with E-state index in [-0.39, 0.29) is 5.91 Å². The zero-order valence-electron chi connectivity index (χ0n) is 10.0. The topological polar surface area (TPSA) is 67.2 Å². The Morgan fingerprint density at radius 2 is 1.87 bits per heavy atom. The first-order valence-corrected chi connectivity index (χ1v) is 5.84. The molecule has 15 heavy (non-hydrogen) atoms. The van der Waals surface area contributed by atoms with Crippen LogP contribution in [0.4, 0.5) is 0 Å². The number of rotatable bonds is 9. The number of nitrogens with one attached hydrogen (secondary N) is 2. The molecule has 4 heteroatoms. The fourth-order valence-electron chi connectivity index (χ4n) is 1.24. The zero-order chi connectivity index (χ0) is 11.5. The summed E-state index contributed by atoms with van der Waals surface area (Å²) in [7, 11) is 0. The largest absolute Gasteiger partial charge is 0.356 e. The molecule has 4 N–H and O–H groups in total. The van der Waals surface area contributed by atoms with Crippen LogP contribution in [0.15, 0.2) is 0 Å². The number of nitrogens with two attached hydrogens (primary N) is 1. The Labute approximate surface area is 93.0 Å². The van der Waals surface area contributed by atoms with Crippen molar-refractivity contribution in [3.05, 3.63) is 0 Å². The molecule has 0 bridgehead atoms. The third kappa shape index (κ3) is 11.3. The molecular formula is C11H25N3O. The van der Waals surface area contributed by atoms with Gasteiger partial charge in [0.15, 0.2) is 0 Å². The van der Waals surface area contributed by atoms with Crippen LogP contribution in [0, 0.1) is 5.92 Å². The molecule has 0 aromatic heterocycles. The van der Waals surface area contributed by atoms with E-state index >= 15 is 0 Å². The van der Waals surface area contributed by atoms with Crippen molar-refractivity contribution in [1.82, 2.24) is 10.6 Å². The molecule has 0 fully saturated rings. The lowest BCUT2D eigenvalue weighted by molar-refractivity contribution is -0.121. The molecule has 0 atom stereocenters. The molecule has 0 heterocycles. The second kappa shape index (κ2) is 9.93. The second-order valence-electron chi connectivity index (χ2n) is 4.19. The Bertz CT molecular complexity index is 160. The first-order valence-electron chi connectivity index (χ1n) is 5.84. The van der Waals surface area contributed by atoms with Crippen LogP contribution in [-0.2, 0) is 4.79 Å². The first kappa shape index (κ1) is 14.4. The SMILES string of the molecule is CC(C)CC(=O)NCCCNCCCN. The van der Waals surface area contributed by atoms with Gasteiger partial charge in [0.2, 0.25) is 5.91 Å². The van der Waals surface area contributed by atoms with Crippen molar-refractivity contribution in [2.75, 3.05) is 26.2 Å². The maximum absolute atomic E-state index is 11.2. The average molecular weight is 215 g/mol. The quantitative estimate of drug-likeness (QED) is 0.490. The van der Waals surface area contributed by atoms with Crippen molar-refractivity contribution >= 4 is 5.91 Å². The van der Waals surface area contributed by atoms with Crippen LogP contribution in [0.3, 0.4) is 0 Å². The molecule has 0 aromatic carbocycles. The Hall–Kier alpha value is -0.610. The van der Waals surface area contributed by atoms with Crippen molar-refractivity contribution in [1.29, 1.82) is 0 Å². The fraction of sp³-hybridized carbons (Fsp3) is 0.909. The van der Waals surface area contributed by atoms with E-state index in [2.05, 4.69) is 10.6 Å². The van der Waals surface area contributed by atoms with Crippen LogP contribution in [0.1, 0.15) is 33.1 Å². The molecule has 0 aliphatic rings. The highest BCUT2D eigenvalue weighted by Crippen LogP contribution is 1.97. The highest BCUT2D eigenvalue weighted by atomic mass is 16.1. The standard InChI is InChI=1S/C11H25N3O/c1-10(2)9-11(15)14-8-4-7-13-6-3-5-12/h10,13H,3-9,12H2,1-2H3,(H,14,15). The van der Waals surface area contributed by atoms with Crippen LogP contribution in [-0.4, -0.2) is 32.1 Å². The van der Waals surface area contributed by atoms with Gasteiger partial charge in [-0.3, -0.25) is 4.79 Å². The van der Waals surface area contributed by atoms with E-state index in [9.17, 15) is 4.79 Å². The monoisotopic (exact) mass is 215 g/mol. The van der Waals surface area contributed by atoms with Crippen molar-refractivity contribution in [3.63, 3.8) is 0 Å². The van der Waals surface area contributed by atoms with Gasteiger partial charge in [-0.15, -0.1) is 0 Å². The summed E-state index contributed by atoms with van der Waals surface area (Å²) < 4.78 is 0. The zero-order valence-corrected chi connectivity index (χ0v) is 10.0. The number of carbonyl (C=O) groups excluding carboxylic acids is 1. The summed E-state index contributed by atoms with van der Waals surface area (Å²) in [6.45, 7) is 7.51. The highest BCUT2D eigenvalue weighted by molar-refractivity contribution is 5.75. The molecule has 90 valence electrons. The van der Waals surface area contributed by atoms with E-state index in [0.717, 1.165) is 39.0 Å². The van der Waals surface area contributed by atoms with Gasteiger partial charge in [0.05, 0.1) is 0 Å². The summed E-state index contributed by atoms with van der Waals surface area (Å²) in [5.74, 6) is 0.597. The Morgan fingerprint density at radius 3 is 2.47 bits per heavy atom. The van der Waals surface area contributed by atoms with Gasteiger partial charge in [-0.2, -0.15) is 0 Å². The summed E-state index contributed by atoms with van der Waals surface area (Å²) >= 11 is 0. The maximum Gasteiger partial charge on any atom is 0.220 e. The summed E-state index contributed by atoms with van der Waals surface area (Å²) in [5.41, 5.74) is 5.36. The maximum atomic E-state index is 11.2. The molecule has 4 nitrogen and oxygen atoms in total. The Kier molecular flexibility index (Phi) is 9.52. The third-order valence-corrected chi connectivity index (χ3v) is 2.00. The van der Waals surface area contributed by atoms with Gasteiger partial charge < -0.3 is 16.4 Å². The number of amides is 1. The fourth-order valence-corrected chi connectivity index (χ4v) is 1.24. The molecule has 0 aliphatic heterocycles. The Morgan fingerprint density at radius 1 is 1.20 bits per heavy atom. The van der Waals surface area contributed by atoms with Crippen molar-refractivity contribution < 1.29 is 4.79 Å². The van der Waals surface area contributed by atoms with Crippen LogP contribution in [0.25, 0.3) is 0 Å². The molecule has 0 saturated carbocycles. The number of carbonyl (C=O) groups is 1. The summed E-state index contributed by atoms with van der Waals surface area (Å²) in [6.07, 6.45) is 2.62. The summed E-state index contributed by atoms with van der Waals surface area (Å²) in [6, 6.07) is 0. The average Bonchev–Trinajstić information content (AvgIpc) is 2.15. The normalized spacial score (nSPS) is 10.7. The first-order chi connectivity index (χ1) is 7.16. The van der Waals surface area contributed by atoms with E-state index in [1.165, 1.54) is 0 Å². The molecule has 0 saturated heterocycles. The van der Waals surface area contributed by atoms with E-state index in [0.29, 0.717) is 12.3 Å². The predicted octanol–water partition coefficient (Wildman–Crippen LogP) is 0.477. The minimum Gasteiger partial charge on any atom is -0.356 e. The molecule has 0 aliphatic carbocycles. The second-order valence-corrected chi connectivity index (χ2v) is 4.19. The minimum atomic E-state index is 0.159. The van der Waals surface area contributed by atoms with Gasteiger partial charge in [0, 0.05) is 13.0 Å². The lowest BCUT2D eigenvalue weighted by atomic mass is 10.1. The van der Waals surface area contributed by atoms with Crippen molar-refractivity contribution in [2.24, 2.45) is 11.7 Å². The van der Waals surface area contributed by atoms with Crippen molar-refractivity contribution in [3.8, 4) is 0 Å². The molecule has 0 aromatic rings. The van der Waals surface area contributed by atoms with E-state index in [1.807, 2.05) is 13.8 Å². The van der Waals surface area contributed by atoms with Gasteiger partial charge in [-0.1, -0.05) is 13.8 Å². The minimum absolute atomic E-state index is 0.159. The van der Waals surface area contributed by atoms with Gasteiger partial charge >= 0.3 is 0 Å². The van der Waals surface area contributed by atoms with E-state index in [4.69, 9.17) is 5.73 Å². The van der Waals surface area contributed by atoms with Crippen LogP contribution < -0.4 is 16.4 Å². The molecule has 0 unspecified atom stereocenters. The summed E-state index contributed by atoms with van der Waals surface area (Å²) in [4.78, 5) is 11.2. The van der Waals surface area contributed by atoms with E-state index in [1.54, 1.807) is 0 Å². The van der Waals surface area contributed by atoms with E-state index < -0.39 is 0 Å². The van der Waals surface area contributed by atoms with Gasteiger partial charge in [-0.25, -0.2) is 0 Å². The number of hydrogen-bond donors (Lipinski definition) is 3. The summed E-state index contributed by atoms with van der Waals surface area (Å²) in [5, 5.41) is 6.17. The molecule has 0 radical (unpaired) electrons. The lowest BCUT2D eigenvalue weighted by Crippen LogP contribution is -2.28. The predicted molar refractivity (Wildman–Crippen MR) is 63.6 cm³/mol. The van der Waals surface area contributed by atoms with Crippen LogP contribution >= 0.6 is 0 Å². The number of hydrogen-bond acceptors (Lipinski definition) is 3. The van der Waals surface area contributed by atoms with Crippen molar-refractivity contribution in [2.45, 2.75) is 33.1 Å². The smallest absolute Gasteiger partial charge is 0.220 e. The van der Waals surface area contributed by atoms with Gasteiger partial charge in [0.25, 0.3) is 0 Å².